The van der Waals surface area contributed by atoms with Crippen molar-refractivity contribution in [3.8, 4) is 0 Å². The minimum absolute atomic E-state index is 0.460. The second-order valence-electron chi connectivity index (χ2n) is 7.07. The molecule has 2 fully saturated rings. The van der Waals surface area contributed by atoms with E-state index < -0.39 is 0 Å². The predicted octanol–water partition coefficient (Wildman–Crippen LogP) is 3.81. The minimum atomic E-state index is 0.460. The fraction of sp³-hybridized carbons (Fsp3) is 1.00. The highest BCUT2D eigenvalue weighted by Crippen LogP contribution is 2.38. The second kappa shape index (κ2) is 6.58. The number of likely N-dealkylation sites (tertiary alicyclic amines) is 1. The molecule has 0 atom stereocenters. The van der Waals surface area contributed by atoms with Gasteiger partial charge in [0.05, 0.1) is 0 Å². The highest BCUT2D eigenvalue weighted by Gasteiger charge is 2.36. The van der Waals surface area contributed by atoms with Gasteiger partial charge in [0, 0.05) is 12.1 Å². The zero-order valence-corrected chi connectivity index (χ0v) is 13.4. The molecule has 2 heteroatoms. The molecule has 0 aromatic heterocycles. The van der Waals surface area contributed by atoms with E-state index >= 15 is 0 Å². The summed E-state index contributed by atoms with van der Waals surface area (Å²) in [6, 6.07) is 0. The standard InChI is InChI=1S/C17H34N2/c1-4-16(5-2)11-13-19(15-16)14-12-17(18-3)9-7-6-8-10-17/h18H,4-15H2,1-3H3. The molecule has 0 spiro atoms. The summed E-state index contributed by atoms with van der Waals surface area (Å²) in [6.45, 7) is 8.75. The number of hydrogen-bond donors (Lipinski definition) is 1. The Hall–Kier alpha value is -0.0800. The summed E-state index contributed by atoms with van der Waals surface area (Å²) in [7, 11) is 2.18. The Labute approximate surface area is 120 Å². The number of rotatable bonds is 6. The average Bonchev–Trinajstić information content (AvgIpc) is 2.90. The van der Waals surface area contributed by atoms with Crippen LogP contribution in [-0.4, -0.2) is 37.1 Å². The molecule has 0 amide bonds. The first-order chi connectivity index (χ1) is 9.17. The molecule has 0 aromatic rings. The molecule has 0 aromatic carbocycles. The summed E-state index contributed by atoms with van der Waals surface area (Å²) in [6.07, 6.45) is 12.6. The molecule has 2 nitrogen and oxygen atoms in total. The lowest BCUT2D eigenvalue weighted by Crippen LogP contribution is -2.47. The quantitative estimate of drug-likeness (QED) is 0.786. The smallest absolute Gasteiger partial charge is 0.0190 e. The van der Waals surface area contributed by atoms with E-state index in [2.05, 4.69) is 31.1 Å². The fourth-order valence-electron chi connectivity index (χ4n) is 4.27. The molecular formula is C17H34N2. The van der Waals surface area contributed by atoms with Gasteiger partial charge in [0.25, 0.3) is 0 Å². The van der Waals surface area contributed by atoms with Crippen LogP contribution in [0.4, 0.5) is 0 Å². The van der Waals surface area contributed by atoms with Crippen LogP contribution in [0, 0.1) is 5.41 Å². The Kier molecular flexibility index (Phi) is 5.30. The van der Waals surface area contributed by atoms with Crippen LogP contribution in [0.2, 0.25) is 0 Å². The van der Waals surface area contributed by atoms with Gasteiger partial charge in [-0.3, -0.25) is 0 Å². The summed E-state index contributed by atoms with van der Waals surface area (Å²) in [5, 5.41) is 3.66. The van der Waals surface area contributed by atoms with E-state index in [-0.39, 0.29) is 0 Å². The minimum Gasteiger partial charge on any atom is -0.314 e. The maximum absolute atomic E-state index is 3.66. The zero-order valence-electron chi connectivity index (χ0n) is 13.4. The van der Waals surface area contributed by atoms with E-state index in [1.165, 1.54) is 77.4 Å². The van der Waals surface area contributed by atoms with Crippen molar-refractivity contribution in [3.05, 3.63) is 0 Å². The van der Waals surface area contributed by atoms with Crippen LogP contribution in [0.1, 0.15) is 71.6 Å². The summed E-state index contributed by atoms with van der Waals surface area (Å²) >= 11 is 0. The number of nitrogens with zero attached hydrogens (tertiary/aromatic N) is 1. The summed E-state index contributed by atoms with van der Waals surface area (Å²) < 4.78 is 0. The van der Waals surface area contributed by atoms with Gasteiger partial charge in [-0.2, -0.15) is 0 Å². The van der Waals surface area contributed by atoms with Crippen LogP contribution in [0.5, 0.6) is 0 Å². The molecule has 1 aliphatic heterocycles. The third-order valence-corrected chi connectivity index (χ3v) is 6.26. The molecule has 0 radical (unpaired) electrons. The van der Waals surface area contributed by atoms with Crippen molar-refractivity contribution >= 4 is 0 Å². The van der Waals surface area contributed by atoms with Crippen LogP contribution >= 0.6 is 0 Å². The van der Waals surface area contributed by atoms with Gasteiger partial charge in [0.15, 0.2) is 0 Å². The average molecular weight is 266 g/mol. The van der Waals surface area contributed by atoms with Crippen molar-refractivity contribution in [2.24, 2.45) is 5.41 Å². The van der Waals surface area contributed by atoms with E-state index in [1.54, 1.807) is 0 Å². The van der Waals surface area contributed by atoms with Crippen LogP contribution in [-0.2, 0) is 0 Å². The lowest BCUT2D eigenvalue weighted by molar-refractivity contribution is 0.182. The SMILES string of the molecule is CCC1(CC)CCN(CCC2(NC)CCCCC2)C1. The first kappa shape index (κ1) is 15.3. The maximum atomic E-state index is 3.66. The molecular weight excluding hydrogens is 232 g/mol. The Balaban J connectivity index is 1.82. The van der Waals surface area contributed by atoms with Crippen molar-refractivity contribution in [3.63, 3.8) is 0 Å². The maximum Gasteiger partial charge on any atom is 0.0190 e. The van der Waals surface area contributed by atoms with Crippen LogP contribution < -0.4 is 5.32 Å². The molecule has 1 aliphatic carbocycles. The lowest BCUT2D eigenvalue weighted by atomic mass is 9.79. The van der Waals surface area contributed by atoms with Gasteiger partial charge >= 0.3 is 0 Å². The van der Waals surface area contributed by atoms with Gasteiger partial charge in [0.1, 0.15) is 0 Å². The number of hydrogen-bond acceptors (Lipinski definition) is 2. The normalized spacial score (nSPS) is 26.7. The summed E-state index contributed by atoms with van der Waals surface area (Å²) in [5.74, 6) is 0. The first-order valence-corrected chi connectivity index (χ1v) is 8.59. The fourth-order valence-corrected chi connectivity index (χ4v) is 4.27. The van der Waals surface area contributed by atoms with Gasteiger partial charge in [-0.05, 0) is 64.1 Å². The largest absolute Gasteiger partial charge is 0.314 e. The molecule has 112 valence electrons. The van der Waals surface area contributed by atoms with Crippen LogP contribution in [0.25, 0.3) is 0 Å². The lowest BCUT2D eigenvalue weighted by Gasteiger charge is -2.38. The first-order valence-electron chi connectivity index (χ1n) is 8.59. The van der Waals surface area contributed by atoms with E-state index in [9.17, 15) is 0 Å². The van der Waals surface area contributed by atoms with Crippen molar-refractivity contribution in [1.29, 1.82) is 0 Å². The van der Waals surface area contributed by atoms with Gasteiger partial charge in [0.2, 0.25) is 0 Å². The second-order valence-corrected chi connectivity index (χ2v) is 7.07. The topological polar surface area (TPSA) is 15.3 Å². The van der Waals surface area contributed by atoms with E-state index in [0.717, 1.165) is 0 Å². The third kappa shape index (κ3) is 3.52. The molecule has 1 heterocycles. The Bertz CT molecular complexity index is 264. The molecule has 0 bridgehead atoms. The van der Waals surface area contributed by atoms with E-state index in [0.29, 0.717) is 11.0 Å². The molecule has 0 unspecified atom stereocenters. The summed E-state index contributed by atoms with van der Waals surface area (Å²) in [4.78, 5) is 2.74. The molecule has 1 saturated carbocycles. The van der Waals surface area contributed by atoms with Crippen molar-refractivity contribution in [1.82, 2.24) is 10.2 Å². The predicted molar refractivity (Wildman–Crippen MR) is 83.6 cm³/mol. The van der Waals surface area contributed by atoms with E-state index in [4.69, 9.17) is 0 Å². The molecule has 2 aliphatic rings. The summed E-state index contributed by atoms with van der Waals surface area (Å²) in [5.41, 5.74) is 1.10. The Morgan fingerprint density at radius 3 is 2.21 bits per heavy atom. The van der Waals surface area contributed by atoms with Crippen molar-refractivity contribution in [2.45, 2.75) is 77.2 Å². The third-order valence-electron chi connectivity index (χ3n) is 6.26. The van der Waals surface area contributed by atoms with Gasteiger partial charge in [-0.25, -0.2) is 0 Å². The van der Waals surface area contributed by atoms with Crippen LogP contribution in [0.3, 0.4) is 0 Å². The highest BCUT2D eigenvalue weighted by atomic mass is 15.2. The number of nitrogens with one attached hydrogen (secondary N) is 1. The molecule has 2 rings (SSSR count). The molecule has 1 N–H and O–H groups in total. The zero-order chi connectivity index (χ0) is 13.8. The van der Waals surface area contributed by atoms with Crippen LogP contribution in [0.15, 0.2) is 0 Å². The monoisotopic (exact) mass is 266 g/mol. The molecule has 1 saturated heterocycles. The Morgan fingerprint density at radius 1 is 1.00 bits per heavy atom. The Morgan fingerprint density at radius 2 is 1.68 bits per heavy atom. The van der Waals surface area contributed by atoms with Gasteiger partial charge in [-0.15, -0.1) is 0 Å². The van der Waals surface area contributed by atoms with E-state index in [1.807, 2.05) is 0 Å². The van der Waals surface area contributed by atoms with Crippen molar-refractivity contribution < 1.29 is 0 Å². The van der Waals surface area contributed by atoms with Gasteiger partial charge in [-0.1, -0.05) is 33.1 Å². The van der Waals surface area contributed by atoms with Gasteiger partial charge < -0.3 is 10.2 Å². The van der Waals surface area contributed by atoms with Crippen molar-refractivity contribution in [2.75, 3.05) is 26.7 Å². The molecule has 19 heavy (non-hydrogen) atoms. The highest BCUT2D eigenvalue weighted by molar-refractivity contribution is 4.93.